The van der Waals surface area contributed by atoms with Crippen LogP contribution in [0.15, 0.2) is 36.5 Å². The van der Waals surface area contributed by atoms with Crippen LogP contribution in [0, 0.1) is 17.4 Å². The number of aromatic nitrogens is 1. The zero-order chi connectivity index (χ0) is 19.1. The van der Waals surface area contributed by atoms with Gasteiger partial charge in [-0.05, 0) is 78.8 Å². The van der Waals surface area contributed by atoms with E-state index in [0.29, 0.717) is 23.6 Å². The summed E-state index contributed by atoms with van der Waals surface area (Å²) in [4.78, 5) is 19.6. The van der Waals surface area contributed by atoms with Crippen LogP contribution in [0.1, 0.15) is 28.4 Å². The minimum atomic E-state index is -0.0184. The van der Waals surface area contributed by atoms with Crippen LogP contribution in [-0.2, 0) is 0 Å². The molecule has 1 aliphatic rings. The van der Waals surface area contributed by atoms with E-state index in [-0.39, 0.29) is 12.7 Å². The number of amides is 1. The van der Waals surface area contributed by atoms with Crippen LogP contribution in [0.5, 0.6) is 11.5 Å². The van der Waals surface area contributed by atoms with Gasteiger partial charge >= 0.3 is 0 Å². The molecule has 0 fully saturated rings. The Bertz CT molecular complexity index is 1060. The van der Waals surface area contributed by atoms with Crippen molar-refractivity contribution in [2.45, 2.75) is 20.8 Å². The minimum absolute atomic E-state index is 0.0184. The molecule has 4 rings (SSSR count). The predicted octanol–water partition coefficient (Wildman–Crippen LogP) is 4.85. The maximum Gasteiger partial charge on any atom is 0.259 e. The molecule has 27 heavy (non-hydrogen) atoms. The van der Waals surface area contributed by atoms with Gasteiger partial charge in [0.05, 0.1) is 16.8 Å². The van der Waals surface area contributed by atoms with E-state index in [4.69, 9.17) is 9.47 Å². The Hall–Kier alpha value is -2.35. The Balaban J connectivity index is 1.83. The van der Waals surface area contributed by atoms with E-state index in [0.717, 1.165) is 25.7 Å². The summed E-state index contributed by atoms with van der Waals surface area (Å²) < 4.78 is 11.9. The van der Waals surface area contributed by atoms with Crippen molar-refractivity contribution in [3.05, 3.63) is 56.8 Å². The number of ether oxygens (including phenoxy) is 2. The quantitative estimate of drug-likeness (QED) is 0.510. The smallest absolute Gasteiger partial charge is 0.259 e. The number of carbonyl (C=O) groups is 1. The molecule has 0 N–H and O–H groups in total. The first-order chi connectivity index (χ1) is 13.0. The van der Waals surface area contributed by atoms with Gasteiger partial charge in [-0.15, -0.1) is 0 Å². The van der Waals surface area contributed by atoms with E-state index >= 15 is 0 Å². The molecule has 3 aromatic rings. The molecule has 0 spiro atoms. The SMILES string of the molecule is CCN(C(=O)c1cc(C)c(C)cc1I)c1ccnc2cc3c(cc12)OCO3. The lowest BCUT2D eigenvalue weighted by atomic mass is 10.0. The number of anilines is 1. The molecule has 6 heteroatoms. The lowest BCUT2D eigenvalue weighted by Gasteiger charge is -2.23. The van der Waals surface area contributed by atoms with E-state index in [9.17, 15) is 4.79 Å². The number of pyridine rings is 1. The molecule has 0 aliphatic carbocycles. The Morgan fingerprint density at radius 3 is 2.59 bits per heavy atom. The molecule has 5 nitrogen and oxygen atoms in total. The van der Waals surface area contributed by atoms with Gasteiger partial charge in [-0.25, -0.2) is 0 Å². The largest absolute Gasteiger partial charge is 0.454 e. The summed E-state index contributed by atoms with van der Waals surface area (Å²) in [6.45, 7) is 6.82. The van der Waals surface area contributed by atoms with Crippen LogP contribution < -0.4 is 14.4 Å². The summed E-state index contributed by atoms with van der Waals surface area (Å²) in [5.74, 6) is 1.35. The average molecular weight is 474 g/mol. The highest BCUT2D eigenvalue weighted by molar-refractivity contribution is 14.1. The number of nitrogens with zero attached hydrogens (tertiary/aromatic N) is 2. The van der Waals surface area contributed by atoms with Crippen molar-refractivity contribution in [1.82, 2.24) is 4.98 Å². The molecular weight excluding hydrogens is 455 g/mol. The van der Waals surface area contributed by atoms with Gasteiger partial charge < -0.3 is 14.4 Å². The molecule has 2 heterocycles. The van der Waals surface area contributed by atoms with E-state index in [1.54, 1.807) is 11.1 Å². The van der Waals surface area contributed by atoms with Crippen LogP contribution in [0.3, 0.4) is 0 Å². The second kappa shape index (κ2) is 6.99. The molecule has 0 saturated carbocycles. The third-order valence-corrected chi connectivity index (χ3v) is 5.77. The zero-order valence-corrected chi connectivity index (χ0v) is 17.5. The van der Waals surface area contributed by atoms with Crippen molar-refractivity contribution >= 4 is 45.1 Å². The highest BCUT2D eigenvalue weighted by Crippen LogP contribution is 2.39. The first kappa shape index (κ1) is 18.0. The Morgan fingerprint density at radius 1 is 1.15 bits per heavy atom. The monoisotopic (exact) mass is 474 g/mol. The summed E-state index contributed by atoms with van der Waals surface area (Å²) >= 11 is 2.23. The number of rotatable bonds is 3. The summed E-state index contributed by atoms with van der Waals surface area (Å²) in [6.07, 6.45) is 1.72. The van der Waals surface area contributed by atoms with E-state index in [1.807, 2.05) is 38.1 Å². The molecule has 0 saturated heterocycles. The number of carbonyl (C=O) groups excluding carboxylic acids is 1. The number of fused-ring (bicyclic) bond motifs is 2. The molecular formula is C21H19IN2O3. The van der Waals surface area contributed by atoms with Gasteiger partial charge in [0.15, 0.2) is 11.5 Å². The molecule has 138 valence electrons. The van der Waals surface area contributed by atoms with Crippen molar-refractivity contribution in [3.8, 4) is 11.5 Å². The second-order valence-corrected chi connectivity index (χ2v) is 7.68. The molecule has 1 amide bonds. The first-order valence-corrected chi connectivity index (χ1v) is 9.84. The van der Waals surface area contributed by atoms with Gasteiger partial charge in [0, 0.05) is 27.8 Å². The predicted molar refractivity (Wildman–Crippen MR) is 114 cm³/mol. The lowest BCUT2D eigenvalue weighted by molar-refractivity contribution is 0.0987. The van der Waals surface area contributed by atoms with Gasteiger partial charge in [-0.1, -0.05) is 0 Å². The highest BCUT2D eigenvalue weighted by Gasteiger charge is 2.23. The van der Waals surface area contributed by atoms with Crippen LogP contribution >= 0.6 is 22.6 Å². The van der Waals surface area contributed by atoms with E-state index in [2.05, 4.69) is 40.6 Å². The number of hydrogen-bond donors (Lipinski definition) is 0. The fourth-order valence-corrected chi connectivity index (χ4v) is 4.12. The van der Waals surface area contributed by atoms with Crippen molar-refractivity contribution in [3.63, 3.8) is 0 Å². The maximum absolute atomic E-state index is 13.4. The number of benzene rings is 2. The third-order valence-electron chi connectivity index (χ3n) is 4.88. The van der Waals surface area contributed by atoms with Crippen molar-refractivity contribution in [2.75, 3.05) is 18.2 Å². The highest BCUT2D eigenvalue weighted by atomic mass is 127. The molecule has 0 unspecified atom stereocenters. The second-order valence-electron chi connectivity index (χ2n) is 6.52. The normalized spacial score (nSPS) is 12.4. The van der Waals surface area contributed by atoms with Gasteiger partial charge in [0.25, 0.3) is 5.91 Å². The summed E-state index contributed by atoms with van der Waals surface area (Å²) in [5.41, 5.74) is 4.60. The van der Waals surface area contributed by atoms with Crippen LogP contribution in [-0.4, -0.2) is 24.2 Å². The number of halogens is 1. The standard InChI is InChI=1S/C21H19IN2O3/c1-4-24(21(25)14-7-12(2)13(3)8-16(14)22)18-5-6-23-17-10-20-19(9-15(17)18)26-11-27-20/h5-10H,4,11H2,1-3H3. The number of hydrogen-bond acceptors (Lipinski definition) is 4. The Morgan fingerprint density at radius 2 is 1.85 bits per heavy atom. The first-order valence-electron chi connectivity index (χ1n) is 8.76. The van der Waals surface area contributed by atoms with Crippen LogP contribution in [0.2, 0.25) is 0 Å². The summed E-state index contributed by atoms with van der Waals surface area (Å²) in [7, 11) is 0. The van der Waals surface area contributed by atoms with Gasteiger partial charge in [0.2, 0.25) is 6.79 Å². The molecule has 2 aromatic carbocycles. The minimum Gasteiger partial charge on any atom is -0.454 e. The third kappa shape index (κ3) is 3.12. The van der Waals surface area contributed by atoms with Crippen molar-refractivity contribution in [2.24, 2.45) is 0 Å². The fourth-order valence-electron chi connectivity index (χ4n) is 3.27. The molecule has 1 aromatic heterocycles. The zero-order valence-electron chi connectivity index (χ0n) is 15.4. The molecule has 1 aliphatic heterocycles. The fraction of sp³-hybridized carbons (Fsp3) is 0.238. The van der Waals surface area contributed by atoms with Crippen molar-refractivity contribution < 1.29 is 14.3 Å². The Labute approximate surface area is 171 Å². The van der Waals surface area contributed by atoms with Crippen molar-refractivity contribution in [1.29, 1.82) is 0 Å². The number of aryl methyl sites for hydroxylation is 2. The maximum atomic E-state index is 13.4. The average Bonchev–Trinajstić information content (AvgIpc) is 3.11. The van der Waals surface area contributed by atoms with Gasteiger partial charge in [-0.2, -0.15) is 0 Å². The van der Waals surface area contributed by atoms with Crippen LogP contribution in [0.4, 0.5) is 5.69 Å². The van der Waals surface area contributed by atoms with E-state index < -0.39 is 0 Å². The summed E-state index contributed by atoms with van der Waals surface area (Å²) in [6, 6.07) is 9.67. The molecule has 0 radical (unpaired) electrons. The van der Waals surface area contributed by atoms with Crippen LogP contribution in [0.25, 0.3) is 10.9 Å². The van der Waals surface area contributed by atoms with E-state index in [1.165, 1.54) is 5.56 Å². The lowest BCUT2D eigenvalue weighted by Crippen LogP contribution is -2.31. The topological polar surface area (TPSA) is 51.7 Å². The Kier molecular flexibility index (Phi) is 4.67. The molecule has 0 bridgehead atoms. The van der Waals surface area contributed by atoms with Gasteiger partial charge in [-0.3, -0.25) is 9.78 Å². The van der Waals surface area contributed by atoms with Gasteiger partial charge in [0.1, 0.15) is 0 Å². The summed E-state index contributed by atoms with van der Waals surface area (Å²) in [5, 5.41) is 0.871. The molecule has 0 atom stereocenters.